The molecule has 102 valence electrons. The second-order valence-corrected chi connectivity index (χ2v) is 5.21. The third-order valence-corrected chi connectivity index (χ3v) is 3.66. The summed E-state index contributed by atoms with van der Waals surface area (Å²) in [6.07, 6.45) is 1.95. The Morgan fingerprint density at radius 1 is 1.10 bits per heavy atom. The van der Waals surface area contributed by atoms with Gasteiger partial charge >= 0.3 is 0 Å². The SMILES string of the molecule is NCc1ccc2ccn(Cc3cc(Cl)ccc3F)c2c1. The molecule has 0 unspecified atom stereocenters. The Kier molecular flexibility index (Phi) is 3.47. The van der Waals surface area contributed by atoms with Crippen LogP contribution in [0.25, 0.3) is 10.9 Å². The van der Waals surface area contributed by atoms with E-state index in [1.165, 1.54) is 6.07 Å². The summed E-state index contributed by atoms with van der Waals surface area (Å²) in [6.45, 7) is 0.941. The average molecular weight is 289 g/mol. The first kappa shape index (κ1) is 13.2. The van der Waals surface area contributed by atoms with Crippen molar-refractivity contribution >= 4 is 22.5 Å². The van der Waals surface area contributed by atoms with Crippen LogP contribution in [0.15, 0.2) is 48.7 Å². The maximum atomic E-state index is 13.8. The minimum absolute atomic E-state index is 0.244. The first-order valence-corrected chi connectivity index (χ1v) is 6.77. The zero-order valence-corrected chi connectivity index (χ0v) is 11.6. The summed E-state index contributed by atoms with van der Waals surface area (Å²) < 4.78 is 15.8. The molecule has 0 saturated heterocycles. The van der Waals surface area contributed by atoms with Crippen molar-refractivity contribution in [2.24, 2.45) is 5.73 Å². The number of hydrogen-bond donors (Lipinski definition) is 1. The van der Waals surface area contributed by atoms with Crippen LogP contribution in [0.2, 0.25) is 5.02 Å². The predicted molar refractivity (Wildman–Crippen MR) is 80.3 cm³/mol. The van der Waals surface area contributed by atoms with Gasteiger partial charge in [-0.05, 0) is 41.3 Å². The summed E-state index contributed by atoms with van der Waals surface area (Å²) in [5.74, 6) is -0.244. The minimum atomic E-state index is -0.244. The van der Waals surface area contributed by atoms with Crippen LogP contribution < -0.4 is 5.73 Å². The highest BCUT2D eigenvalue weighted by Gasteiger charge is 2.07. The predicted octanol–water partition coefficient (Wildman–Crippen LogP) is 3.94. The molecule has 2 aromatic carbocycles. The molecule has 0 aliphatic rings. The first-order valence-electron chi connectivity index (χ1n) is 6.39. The maximum absolute atomic E-state index is 13.8. The van der Waals surface area contributed by atoms with E-state index < -0.39 is 0 Å². The fourth-order valence-electron chi connectivity index (χ4n) is 2.34. The molecule has 2 N–H and O–H groups in total. The number of aromatic nitrogens is 1. The largest absolute Gasteiger partial charge is 0.343 e. The summed E-state index contributed by atoms with van der Waals surface area (Å²) in [4.78, 5) is 0. The summed E-state index contributed by atoms with van der Waals surface area (Å²) in [7, 11) is 0. The molecule has 0 saturated carbocycles. The van der Waals surface area contributed by atoms with Crippen LogP contribution in [0.4, 0.5) is 4.39 Å². The van der Waals surface area contributed by atoms with Crippen molar-refractivity contribution in [2.45, 2.75) is 13.1 Å². The van der Waals surface area contributed by atoms with Crippen molar-refractivity contribution in [2.75, 3.05) is 0 Å². The molecule has 0 fully saturated rings. The van der Waals surface area contributed by atoms with Crippen molar-refractivity contribution in [3.63, 3.8) is 0 Å². The van der Waals surface area contributed by atoms with Gasteiger partial charge < -0.3 is 10.3 Å². The third kappa shape index (κ3) is 2.42. The van der Waals surface area contributed by atoms with Gasteiger partial charge in [-0.3, -0.25) is 0 Å². The van der Waals surface area contributed by atoms with Crippen molar-refractivity contribution < 1.29 is 4.39 Å². The molecule has 3 aromatic rings. The van der Waals surface area contributed by atoms with E-state index in [4.69, 9.17) is 17.3 Å². The number of rotatable bonds is 3. The molecule has 3 rings (SSSR count). The van der Waals surface area contributed by atoms with E-state index in [1.807, 2.05) is 35.0 Å². The van der Waals surface area contributed by atoms with E-state index in [0.29, 0.717) is 23.7 Å². The van der Waals surface area contributed by atoms with Gasteiger partial charge in [-0.15, -0.1) is 0 Å². The molecule has 2 nitrogen and oxygen atoms in total. The molecule has 0 aliphatic carbocycles. The van der Waals surface area contributed by atoms with Gasteiger partial charge in [0.25, 0.3) is 0 Å². The number of benzene rings is 2. The highest BCUT2D eigenvalue weighted by molar-refractivity contribution is 6.30. The minimum Gasteiger partial charge on any atom is -0.343 e. The van der Waals surface area contributed by atoms with Crippen molar-refractivity contribution in [1.82, 2.24) is 4.57 Å². The Balaban J connectivity index is 2.04. The van der Waals surface area contributed by atoms with E-state index in [1.54, 1.807) is 12.1 Å². The molecule has 20 heavy (non-hydrogen) atoms. The Morgan fingerprint density at radius 2 is 1.95 bits per heavy atom. The molecule has 4 heteroatoms. The van der Waals surface area contributed by atoms with Crippen molar-refractivity contribution in [3.8, 4) is 0 Å². The maximum Gasteiger partial charge on any atom is 0.128 e. The fourth-order valence-corrected chi connectivity index (χ4v) is 2.54. The van der Waals surface area contributed by atoms with Gasteiger partial charge in [0.05, 0.1) is 6.54 Å². The second-order valence-electron chi connectivity index (χ2n) is 4.78. The zero-order chi connectivity index (χ0) is 14.1. The first-order chi connectivity index (χ1) is 9.67. The number of hydrogen-bond acceptors (Lipinski definition) is 1. The van der Waals surface area contributed by atoms with Crippen LogP contribution in [0.3, 0.4) is 0 Å². The van der Waals surface area contributed by atoms with Gasteiger partial charge in [-0.2, -0.15) is 0 Å². The fraction of sp³-hybridized carbons (Fsp3) is 0.125. The highest BCUT2D eigenvalue weighted by Crippen LogP contribution is 2.21. The molecule has 0 atom stereocenters. The lowest BCUT2D eigenvalue weighted by Crippen LogP contribution is -2.01. The van der Waals surface area contributed by atoms with Gasteiger partial charge in [-0.25, -0.2) is 4.39 Å². The molecular formula is C16H14ClFN2. The summed E-state index contributed by atoms with van der Waals surface area (Å²) in [5, 5.41) is 1.66. The van der Waals surface area contributed by atoms with Gasteiger partial charge in [0, 0.05) is 28.8 Å². The monoisotopic (exact) mass is 288 g/mol. The topological polar surface area (TPSA) is 30.9 Å². The molecule has 0 radical (unpaired) electrons. The normalized spacial score (nSPS) is 11.2. The van der Waals surface area contributed by atoms with Crippen LogP contribution in [-0.2, 0) is 13.1 Å². The van der Waals surface area contributed by atoms with Gasteiger partial charge in [0.2, 0.25) is 0 Å². The number of nitrogens with zero attached hydrogens (tertiary/aromatic N) is 1. The quantitative estimate of drug-likeness (QED) is 0.777. The Morgan fingerprint density at radius 3 is 2.75 bits per heavy atom. The highest BCUT2D eigenvalue weighted by atomic mass is 35.5. The lowest BCUT2D eigenvalue weighted by Gasteiger charge is -2.08. The molecule has 1 aromatic heterocycles. The number of nitrogens with two attached hydrogens (primary N) is 1. The standard InChI is InChI=1S/C16H14ClFN2/c17-14-3-4-15(18)13(8-14)10-20-6-5-12-2-1-11(9-19)7-16(12)20/h1-8H,9-10,19H2. The van der Waals surface area contributed by atoms with E-state index in [0.717, 1.165) is 16.5 Å². The third-order valence-electron chi connectivity index (χ3n) is 3.42. The van der Waals surface area contributed by atoms with E-state index in [-0.39, 0.29) is 5.82 Å². The van der Waals surface area contributed by atoms with E-state index >= 15 is 0 Å². The van der Waals surface area contributed by atoms with Crippen LogP contribution in [0.1, 0.15) is 11.1 Å². The number of halogens is 2. The van der Waals surface area contributed by atoms with E-state index in [2.05, 4.69) is 0 Å². The molecule has 1 heterocycles. The van der Waals surface area contributed by atoms with Gasteiger partial charge in [-0.1, -0.05) is 23.7 Å². The zero-order valence-electron chi connectivity index (χ0n) is 10.8. The van der Waals surface area contributed by atoms with Crippen LogP contribution in [-0.4, -0.2) is 4.57 Å². The van der Waals surface area contributed by atoms with Crippen molar-refractivity contribution in [3.05, 3.63) is 70.6 Å². The van der Waals surface area contributed by atoms with E-state index in [9.17, 15) is 4.39 Å². The van der Waals surface area contributed by atoms with Crippen LogP contribution in [0.5, 0.6) is 0 Å². The van der Waals surface area contributed by atoms with Crippen LogP contribution in [0, 0.1) is 5.82 Å². The smallest absolute Gasteiger partial charge is 0.128 e. The Hall–Kier alpha value is -1.84. The summed E-state index contributed by atoms with van der Waals surface area (Å²) in [5.41, 5.74) is 8.35. The lowest BCUT2D eigenvalue weighted by atomic mass is 10.1. The molecule has 0 amide bonds. The molecule has 0 bridgehead atoms. The van der Waals surface area contributed by atoms with Gasteiger partial charge in [0.1, 0.15) is 5.82 Å². The molecule has 0 spiro atoms. The lowest BCUT2D eigenvalue weighted by molar-refractivity contribution is 0.602. The Labute approximate surface area is 121 Å². The van der Waals surface area contributed by atoms with Gasteiger partial charge in [0.15, 0.2) is 0 Å². The Bertz CT molecular complexity index is 764. The summed E-state index contributed by atoms with van der Waals surface area (Å²) in [6, 6.07) is 12.7. The average Bonchev–Trinajstić information content (AvgIpc) is 2.85. The van der Waals surface area contributed by atoms with Crippen molar-refractivity contribution in [1.29, 1.82) is 0 Å². The van der Waals surface area contributed by atoms with Crippen LogP contribution >= 0.6 is 11.6 Å². The second kappa shape index (κ2) is 5.27. The molecule has 0 aliphatic heterocycles. The summed E-state index contributed by atoms with van der Waals surface area (Å²) >= 11 is 5.93. The molecular weight excluding hydrogens is 275 g/mol. The number of fused-ring (bicyclic) bond motifs is 1.